The maximum absolute atomic E-state index is 10.8. The first-order valence-corrected chi connectivity index (χ1v) is 4.65. The lowest BCUT2D eigenvalue weighted by atomic mass is 10.2. The summed E-state index contributed by atoms with van der Waals surface area (Å²) in [4.78, 5) is 14.5. The molecule has 0 aliphatic rings. The average molecular weight is 257 g/mol. The fraction of sp³-hybridized carbons (Fsp3) is 0.111. The summed E-state index contributed by atoms with van der Waals surface area (Å²) < 4.78 is 0.755. The fourth-order valence-corrected chi connectivity index (χ4v) is 1.05. The van der Waals surface area contributed by atoms with Gasteiger partial charge in [0.05, 0.1) is 5.69 Å². The van der Waals surface area contributed by atoms with Crippen LogP contribution in [0.3, 0.4) is 0 Å². The SMILES string of the molecule is C=C(Br)CNc1ccncc1C(=O)O. The van der Waals surface area contributed by atoms with Crippen LogP contribution in [-0.4, -0.2) is 22.6 Å². The van der Waals surface area contributed by atoms with Gasteiger partial charge in [0.1, 0.15) is 5.56 Å². The van der Waals surface area contributed by atoms with E-state index in [9.17, 15) is 4.79 Å². The van der Waals surface area contributed by atoms with Gasteiger partial charge >= 0.3 is 5.97 Å². The molecule has 0 radical (unpaired) electrons. The number of anilines is 1. The second kappa shape index (κ2) is 4.76. The van der Waals surface area contributed by atoms with Gasteiger partial charge in [-0.05, 0) is 6.07 Å². The number of aromatic carboxylic acids is 1. The van der Waals surface area contributed by atoms with Gasteiger partial charge in [-0.25, -0.2) is 4.79 Å². The monoisotopic (exact) mass is 256 g/mol. The minimum Gasteiger partial charge on any atom is -0.478 e. The molecule has 0 atom stereocenters. The van der Waals surface area contributed by atoms with Crippen LogP contribution in [-0.2, 0) is 0 Å². The molecule has 0 aliphatic carbocycles. The van der Waals surface area contributed by atoms with Crippen LogP contribution in [0.4, 0.5) is 5.69 Å². The van der Waals surface area contributed by atoms with Crippen molar-refractivity contribution >= 4 is 27.6 Å². The van der Waals surface area contributed by atoms with Crippen molar-refractivity contribution in [1.82, 2.24) is 4.98 Å². The quantitative estimate of drug-likeness (QED) is 0.867. The van der Waals surface area contributed by atoms with Crippen LogP contribution in [0.25, 0.3) is 0 Å². The first-order valence-electron chi connectivity index (χ1n) is 3.85. The highest BCUT2D eigenvalue weighted by molar-refractivity contribution is 9.11. The number of carboxylic acid groups (broad SMARTS) is 1. The molecular formula is C9H9BrN2O2. The highest BCUT2D eigenvalue weighted by Crippen LogP contribution is 2.14. The first kappa shape index (κ1) is 10.7. The van der Waals surface area contributed by atoms with Crippen molar-refractivity contribution in [2.24, 2.45) is 0 Å². The summed E-state index contributed by atoms with van der Waals surface area (Å²) in [6.45, 7) is 4.11. The van der Waals surface area contributed by atoms with Crippen molar-refractivity contribution in [3.05, 3.63) is 35.1 Å². The lowest BCUT2D eigenvalue weighted by Gasteiger charge is -2.07. The predicted molar refractivity (Wildman–Crippen MR) is 57.8 cm³/mol. The fourth-order valence-electron chi connectivity index (χ4n) is 0.910. The van der Waals surface area contributed by atoms with Crippen LogP contribution >= 0.6 is 15.9 Å². The van der Waals surface area contributed by atoms with E-state index in [1.54, 1.807) is 6.07 Å². The number of hydrogen-bond donors (Lipinski definition) is 2. The Balaban J connectivity index is 2.84. The second-order valence-corrected chi connectivity index (χ2v) is 3.72. The van der Waals surface area contributed by atoms with Crippen LogP contribution in [0.2, 0.25) is 0 Å². The van der Waals surface area contributed by atoms with E-state index in [1.165, 1.54) is 12.4 Å². The molecule has 0 aromatic carbocycles. The molecule has 0 amide bonds. The number of nitrogens with one attached hydrogen (secondary N) is 1. The molecule has 0 bridgehead atoms. The summed E-state index contributed by atoms with van der Waals surface area (Å²) in [6, 6.07) is 1.61. The third-order valence-corrected chi connectivity index (χ3v) is 1.80. The molecule has 0 aliphatic heterocycles. The number of nitrogens with zero attached hydrogens (tertiary/aromatic N) is 1. The molecule has 1 aromatic rings. The minimum absolute atomic E-state index is 0.154. The summed E-state index contributed by atoms with van der Waals surface area (Å²) in [7, 11) is 0. The van der Waals surface area contributed by atoms with E-state index in [0.717, 1.165) is 4.48 Å². The zero-order valence-corrected chi connectivity index (χ0v) is 8.91. The van der Waals surface area contributed by atoms with Crippen LogP contribution in [0.5, 0.6) is 0 Å². The molecule has 0 unspecified atom stereocenters. The maximum atomic E-state index is 10.8. The van der Waals surface area contributed by atoms with Crippen molar-refractivity contribution < 1.29 is 9.90 Å². The standard InChI is InChI=1S/C9H9BrN2O2/c1-6(10)4-12-8-2-3-11-5-7(8)9(13)14/h2-3,5H,1,4H2,(H,11,12)(H,13,14). The molecule has 74 valence electrons. The summed E-state index contributed by atoms with van der Waals surface area (Å²) in [6.07, 6.45) is 2.84. The molecule has 14 heavy (non-hydrogen) atoms. The molecule has 1 aromatic heterocycles. The van der Waals surface area contributed by atoms with E-state index in [4.69, 9.17) is 5.11 Å². The normalized spacial score (nSPS) is 9.50. The predicted octanol–water partition coefficient (Wildman–Crippen LogP) is 2.10. The molecular weight excluding hydrogens is 248 g/mol. The number of hydrogen-bond acceptors (Lipinski definition) is 3. The molecule has 1 heterocycles. The topological polar surface area (TPSA) is 62.2 Å². The Bertz CT molecular complexity index is 366. The zero-order valence-electron chi connectivity index (χ0n) is 7.33. The van der Waals surface area contributed by atoms with Crippen molar-refractivity contribution in [1.29, 1.82) is 0 Å². The summed E-state index contributed by atoms with van der Waals surface area (Å²) in [5.74, 6) is -0.999. The minimum atomic E-state index is -0.999. The molecule has 5 heteroatoms. The highest BCUT2D eigenvalue weighted by Gasteiger charge is 2.08. The van der Waals surface area contributed by atoms with Crippen LogP contribution in [0.1, 0.15) is 10.4 Å². The first-order chi connectivity index (χ1) is 6.61. The Kier molecular flexibility index (Phi) is 3.64. The van der Waals surface area contributed by atoms with E-state index in [2.05, 4.69) is 32.8 Å². The van der Waals surface area contributed by atoms with Gasteiger partial charge in [0.2, 0.25) is 0 Å². The molecule has 0 spiro atoms. The van der Waals surface area contributed by atoms with E-state index < -0.39 is 5.97 Å². The number of carboxylic acids is 1. The largest absolute Gasteiger partial charge is 0.478 e. The Morgan fingerprint density at radius 3 is 3.00 bits per heavy atom. The number of pyridine rings is 1. The zero-order chi connectivity index (χ0) is 10.6. The summed E-state index contributed by atoms with van der Waals surface area (Å²) in [5, 5.41) is 11.7. The molecule has 0 saturated carbocycles. The van der Waals surface area contributed by atoms with Gasteiger partial charge in [0.25, 0.3) is 0 Å². The maximum Gasteiger partial charge on any atom is 0.339 e. The van der Waals surface area contributed by atoms with Crippen LogP contribution in [0.15, 0.2) is 29.5 Å². The third-order valence-electron chi connectivity index (χ3n) is 1.52. The van der Waals surface area contributed by atoms with Crippen molar-refractivity contribution in [2.75, 3.05) is 11.9 Å². The lowest BCUT2D eigenvalue weighted by Crippen LogP contribution is -2.07. The van der Waals surface area contributed by atoms with Gasteiger partial charge in [-0.15, -0.1) is 0 Å². The van der Waals surface area contributed by atoms with Gasteiger partial charge < -0.3 is 10.4 Å². The Morgan fingerprint density at radius 2 is 2.43 bits per heavy atom. The van der Waals surface area contributed by atoms with Crippen molar-refractivity contribution in [2.45, 2.75) is 0 Å². The number of carbonyl (C=O) groups is 1. The lowest BCUT2D eigenvalue weighted by molar-refractivity contribution is 0.0697. The van der Waals surface area contributed by atoms with E-state index in [0.29, 0.717) is 12.2 Å². The third kappa shape index (κ3) is 2.85. The molecule has 4 nitrogen and oxygen atoms in total. The number of halogens is 1. The second-order valence-electron chi connectivity index (χ2n) is 2.60. The summed E-state index contributed by atoms with van der Waals surface area (Å²) >= 11 is 3.17. The van der Waals surface area contributed by atoms with Gasteiger partial charge in [-0.3, -0.25) is 4.98 Å². The van der Waals surface area contributed by atoms with Gasteiger partial charge in [0, 0.05) is 23.4 Å². The van der Waals surface area contributed by atoms with Crippen LogP contribution < -0.4 is 5.32 Å². The van der Waals surface area contributed by atoms with Gasteiger partial charge in [0.15, 0.2) is 0 Å². The van der Waals surface area contributed by atoms with Crippen molar-refractivity contribution in [3.63, 3.8) is 0 Å². The van der Waals surface area contributed by atoms with E-state index >= 15 is 0 Å². The summed E-state index contributed by atoms with van der Waals surface area (Å²) in [5.41, 5.74) is 0.689. The molecule has 0 fully saturated rings. The van der Waals surface area contributed by atoms with E-state index in [-0.39, 0.29) is 5.56 Å². The Labute approximate surface area is 89.8 Å². The smallest absolute Gasteiger partial charge is 0.339 e. The molecule has 0 saturated heterocycles. The van der Waals surface area contributed by atoms with Gasteiger partial charge in [-0.1, -0.05) is 22.5 Å². The number of rotatable bonds is 4. The highest BCUT2D eigenvalue weighted by atomic mass is 79.9. The Hall–Kier alpha value is -1.36. The van der Waals surface area contributed by atoms with E-state index in [1.807, 2.05) is 0 Å². The number of aromatic nitrogens is 1. The average Bonchev–Trinajstić information content (AvgIpc) is 2.15. The molecule has 1 rings (SSSR count). The van der Waals surface area contributed by atoms with Crippen molar-refractivity contribution in [3.8, 4) is 0 Å². The van der Waals surface area contributed by atoms with Crippen LogP contribution in [0, 0.1) is 0 Å². The van der Waals surface area contributed by atoms with Gasteiger partial charge in [-0.2, -0.15) is 0 Å². The Morgan fingerprint density at radius 1 is 1.71 bits per heavy atom. The molecule has 2 N–H and O–H groups in total.